The number of nitrogens with two attached hydrogens (primary N) is 1. The summed E-state index contributed by atoms with van der Waals surface area (Å²) in [5.74, 6) is 0. The van der Waals surface area contributed by atoms with Gasteiger partial charge in [0.25, 0.3) is 5.24 Å². The summed E-state index contributed by atoms with van der Waals surface area (Å²) in [7, 11) is 0. The van der Waals surface area contributed by atoms with Crippen molar-refractivity contribution in [3.05, 3.63) is 23.5 Å². The maximum absolute atomic E-state index is 10.7. The molecule has 1 aromatic rings. The summed E-state index contributed by atoms with van der Waals surface area (Å²) in [5, 5.41) is 7.79. The second-order valence-corrected chi connectivity index (χ2v) is 2.35. The molecule has 0 saturated heterocycles. The summed E-state index contributed by atoms with van der Waals surface area (Å²) in [6.45, 7) is 0. The van der Waals surface area contributed by atoms with Gasteiger partial charge in [-0.3, -0.25) is 4.79 Å². The molecule has 0 bridgehead atoms. The third kappa shape index (κ3) is 1.36. The summed E-state index contributed by atoms with van der Waals surface area (Å²) < 4.78 is 0. The number of carbonyl (C=O) groups is 1. The van der Waals surface area contributed by atoms with Crippen molar-refractivity contribution in [3.63, 3.8) is 0 Å². The van der Waals surface area contributed by atoms with E-state index in [4.69, 9.17) is 22.6 Å². The lowest BCUT2D eigenvalue weighted by Crippen LogP contribution is -2.01. The number of aromatic nitrogens is 1. The van der Waals surface area contributed by atoms with Crippen LogP contribution in [0.25, 0.3) is 0 Å². The number of carbonyl (C=O) groups excluding carboxylic acids is 1. The fourth-order valence-corrected chi connectivity index (χ4v) is 0.899. The lowest BCUT2D eigenvalue weighted by Gasteiger charge is -1.99. The SMILES string of the molecule is N#Cc1nccc(C(=O)Cl)c1N. The molecule has 0 fully saturated rings. The largest absolute Gasteiger partial charge is 0.396 e. The van der Waals surface area contributed by atoms with Crippen molar-refractivity contribution < 1.29 is 4.79 Å². The first-order valence-electron chi connectivity index (χ1n) is 3.01. The van der Waals surface area contributed by atoms with Crippen LogP contribution in [0.2, 0.25) is 0 Å². The van der Waals surface area contributed by atoms with E-state index in [1.807, 2.05) is 0 Å². The van der Waals surface area contributed by atoms with E-state index in [9.17, 15) is 4.79 Å². The molecule has 0 saturated carbocycles. The fraction of sp³-hybridized carbons (Fsp3) is 0. The van der Waals surface area contributed by atoms with E-state index in [0.717, 1.165) is 0 Å². The summed E-state index contributed by atoms with van der Waals surface area (Å²) in [6, 6.07) is 3.11. The number of pyridine rings is 1. The second-order valence-electron chi connectivity index (χ2n) is 2.01. The number of rotatable bonds is 1. The Morgan fingerprint density at radius 1 is 1.75 bits per heavy atom. The molecule has 0 amide bonds. The van der Waals surface area contributed by atoms with Gasteiger partial charge in [-0.15, -0.1) is 0 Å². The molecular weight excluding hydrogens is 178 g/mol. The molecule has 0 unspecified atom stereocenters. The first kappa shape index (κ1) is 8.50. The van der Waals surface area contributed by atoms with E-state index < -0.39 is 5.24 Å². The highest BCUT2D eigenvalue weighted by Gasteiger charge is 2.10. The molecule has 12 heavy (non-hydrogen) atoms. The Labute approximate surface area is 73.6 Å². The van der Waals surface area contributed by atoms with Crippen LogP contribution in [-0.2, 0) is 0 Å². The van der Waals surface area contributed by atoms with Crippen molar-refractivity contribution in [2.45, 2.75) is 0 Å². The standard InChI is InChI=1S/C7H4ClN3O/c8-7(12)4-1-2-11-5(3-9)6(4)10/h1-2H,10H2. The Bertz CT molecular complexity index is 369. The predicted molar refractivity (Wildman–Crippen MR) is 43.5 cm³/mol. The van der Waals surface area contributed by atoms with E-state index in [0.29, 0.717) is 0 Å². The monoisotopic (exact) mass is 181 g/mol. The van der Waals surface area contributed by atoms with Gasteiger partial charge >= 0.3 is 0 Å². The first-order chi connectivity index (χ1) is 5.66. The lowest BCUT2D eigenvalue weighted by molar-refractivity contribution is 0.108. The number of halogens is 1. The summed E-state index contributed by atoms with van der Waals surface area (Å²) in [4.78, 5) is 14.3. The van der Waals surface area contributed by atoms with Gasteiger partial charge in [0.05, 0.1) is 11.3 Å². The predicted octanol–water partition coefficient (Wildman–Crippen LogP) is 0.914. The minimum absolute atomic E-state index is 0.0153. The molecular formula is C7H4ClN3O. The number of nitrogens with zero attached hydrogens (tertiary/aromatic N) is 2. The van der Waals surface area contributed by atoms with Crippen LogP contribution in [0.5, 0.6) is 0 Å². The number of hydrogen-bond donors (Lipinski definition) is 1. The van der Waals surface area contributed by atoms with Crippen molar-refractivity contribution in [2.24, 2.45) is 0 Å². The normalized spacial score (nSPS) is 9.00. The van der Waals surface area contributed by atoms with Crippen molar-refractivity contribution in [1.82, 2.24) is 4.98 Å². The third-order valence-corrected chi connectivity index (χ3v) is 1.51. The quantitative estimate of drug-likeness (QED) is 0.654. The Morgan fingerprint density at radius 2 is 2.42 bits per heavy atom. The number of nitriles is 1. The van der Waals surface area contributed by atoms with Gasteiger partial charge in [-0.05, 0) is 17.7 Å². The average molecular weight is 182 g/mol. The maximum atomic E-state index is 10.7. The molecule has 2 N–H and O–H groups in total. The Hall–Kier alpha value is -1.60. The van der Waals surface area contributed by atoms with E-state index >= 15 is 0 Å². The van der Waals surface area contributed by atoms with E-state index in [-0.39, 0.29) is 16.9 Å². The number of nitrogen functional groups attached to an aromatic ring is 1. The molecule has 4 nitrogen and oxygen atoms in total. The van der Waals surface area contributed by atoms with Gasteiger partial charge in [-0.1, -0.05) is 0 Å². The molecule has 0 aliphatic rings. The van der Waals surface area contributed by atoms with Crippen LogP contribution >= 0.6 is 11.6 Å². The summed E-state index contributed by atoms with van der Waals surface area (Å²) in [6.07, 6.45) is 1.31. The Morgan fingerprint density at radius 3 is 2.92 bits per heavy atom. The van der Waals surface area contributed by atoms with Gasteiger partial charge in [-0.2, -0.15) is 5.26 Å². The molecule has 0 aliphatic carbocycles. The van der Waals surface area contributed by atoms with Gasteiger partial charge in [0, 0.05) is 6.20 Å². The van der Waals surface area contributed by atoms with Gasteiger partial charge in [0.2, 0.25) is 0 Å². The Kier molecular flexibility index (Phi) is 2.26. The first-order valence-corrected chi connectivity index (χ1v) is 3.39. The molecule has 1 aromatic heterocycles. The highest BCUT2D eigenvalue weighted by Crippen LogP contribution is 2.15. The van der Waals surface area contributed by atoms with Gasteiger partial charge in [0.15, 0.2) is 5.69 Å². The van der Waals surface area contributed by atoms with E-state index in [1.54, 1.807) is 6.07 Å². The number of hydrogen-bond acceptors (Lipinski definition) is 4. The van der Waals surface area contributed by atoms with Gasteiger partial charge < -0.3 is 5.73 Å². The van der Waals surface area contributed by atoms with Crippen molar-refractivity contribution in [1.29, 1.82) is 5.26 Å². The molecule has 5 heteroatoms. The van der Waals surface area contributed by atoms with Crippen LogP contribution < -0.4 is 5.73 Å². The maximum Gasteiger partial charge on any atom is 0.254 e. The minimum atomic E-state index is -0.689. The van der Waals surface area contributed by atoms with Crippen molar-refractivity contribution in [2.75, 3.05) is 5.73 Å². The smallest absolute Gasteiger partial charge is 0.254 e. The molecule has 0 atom stereocenters. The molecule has 0 spiro atoms. The molecule has 60 valence electrons. The van der Waals surface area contributed by atoms with Crippen LogP contribution in [0.3, 0.4) is 0 Å². The van der Waals surface area contributed by atoms with E-state index in [2.05, 4.69) is 4.98 Å². The zero-order chi connectivity index (χ0) is 9.14. The molecule has 1 heterocycles. The van der Waals surface area contributed by atoms with Crippen molar-refractivity contribution >= 4 is 22.5 Å². The van der Waals surface area contributed by atoms with Crippen LogP contribution in [0.1, 0.15) is 16.1 Å². The van der Waals surface area contributed by atoms with Crippen LogP contribution in [0.4, 0.5) is 5.69 Å². The molecule has 1 rings (SSSR count). The molecule has 0 aliphatic heterocycles. The highest BCUT2D eigenvalue weighted by molar-refractivity contribution is 6.68. The van der Waals surface area contributed by atoms with Crippen LogP contribution in [0, 0.1) is 11.3 Å². The minimum Gasteiger partial charge on any atom is -0.396 e. The van der Waals surface area contributed by atoms with E-state index in [1.165, 1.54) is 12.3 Å². The lowest BCUT2D eigenvalue weighted by atomic mass is 10.2. The van der Waals surface area contributed by atoms with Gasteiger partial charge in [-0.25, -0.2) is 4.98 Å². The second kappa shape index (κ2) is 3.20. The molecule has 0 aromatic carbocycles. The Balaban J connectivity index is 3.35. The van der Waals surface area contributed by atoms with Gasteiger partial charge in [0.1, 0.15) is 6.07 Å². The highest BCUT2D eigenvalue weighted by atomic mass is 35.5. The third-order valence-electron chi connectivity index (χ3n) is 1.31. The zero-order valence-electron chi connectivity index (χ0n) is 5.91. The zero-order valence-corrected chi connectivity index (χ0v) is 6.67. The van der Waals surface area contributed by atoms with Crippen LogP contribution in [-0.4, -0.2) is 10.2 Å². The summed E-state index contributed by atoms with van der Waals surface area (Å²) in [5.41, 5.74) is 5.56. The average Bonchev–Trinajstić information content (AvgIpc) is 2.04. The molecule has 0 radical (unpaired) electrons. The van der Waals surface area contributed by atoms with Crippen LogP contribution in [0.15, 0.2) is 12.3 Å². The fourth-order valence-electron chi connectivity index (χ4n) is 0.734. The van der Waals surface area contributed by atoms with Crippen molar-refractivity contribution in [3.8, 4) is 6.07 Å². The summed E-state index contributed by atoms with van der Waals surface area (Å²) >= 11 is 5.18. The topological polar surface area (TPSA) is 79.8 Å². The number of anilines is 1.